The third kappa shape index (κ3) is 1.72. The van der Waals surface area contributed by atoms with Gasteiger partial charge in [0, 0.05) is 18.0 Å². The lowest BCUT2D eigenvalue weighted by Crippen LogP contribution is -2.43. The summed E-state index contributed by atoms with van der Waals surface area (Å²) >= 11 is 0. The summed E-state index contributed by atoms with van der Waals surface area (Å²) < 4.78 is 7.65. The second-order valence-electron chi connectivity index (χ2n) is 5.38. The highest BCUT2D eigenvalue weighted by Crippen LogP contribution is 2.36. The second kappa shape index (κ2) is 4.25. The van der Waals surface area contributed by atoms with Gasteiger partial charge in [0.15, 0.2) is 6.10 Å². The predicted molar refractivity (Wildman–Crippen MR) is 79.3 cm³/mol. The first-order valence-corrected chi connectivity index (χ1v) is 6.96. The van der Waals surface area contributed by atoms with Gasteiger partial charge in [-0.2, -0.15) is 0 Å². The highest BCUT2D eigenvalue weighted by Gasteiger charge is 2.29. The topological polar surface area (TPSA) is 75.8 Å². The van der Waals surface area contributed by atoms with E-state index in [4.69, 9.17) is 4.74 Å². The van der Waals surface area contributed by atoms with E-state index in [1.165, 1.54) is 6.07 Å². The summed E-state index contributed by atoms with van der Waals surface area (Å²) in [6.45, 7) is 3.84. The summed E-state index contributed by atoms with van der Waals surface area (Å²) in [5, 5.41) is 13.9. The molecule has 0 spiro atoms. The van der Waals surface area contributed by atoms with Crippen molar-refractivity contribution < 1.29 is 9.84 Å². The van der Waals surface area contributed by atoms with E-state index in [0.29, 0.717) is 23.2 Å². The maximum absolute atomic E-state index is 12.2. The molecule has 3 heterocycles. The number of ether oxygens (including phenoxy) is 1. The number of hydrogen-bond acceptors (Lipinski definition) is 5. The Balaban J connectivity index is 1.96. The van der Waals surface area contributed by atoms with Crippen molar-refractivity contribution in [3.8, 4) is 11.5 Å². The summed E-state index contributed by atoms with van der Waals surface area (Å²) in [7, 11) is 0. The number of amidine groups is 1. The molecule has 6 heteroatoms. The van der Waals surface area contributed by atoms with Gasteiger partial charge in [0.25, 0.3) is 5.56 Å². The molecule has 1 aromatic heterocycles. The molecule has 2 N–H and O–H groups in total. The van der Waals surface area contributed by atoms with Gasteiger partial charge in [0.05, 0.1) is 18.6 Å². The summed E-state index contributed by atoms with van der Waals surface area (Å²) in [5.41, 5.74) is 1.35. The van der Waals surface area contributed by atoms with Crippen LogP contribution < -0.4 is 15.6 Å². The van der Waals surface area contributed by atoms with E-state index >= 15 is 0 Å². The van der Waals surface area contributed by atoms with Gasteiger partial charge in [-0.3, -0.25) is 9.79 Å². The number of benzene rings is 1. The van der Waals surface area contributed by atoms with E-state index in [-0.39, 0.29) is 17.4 Å². The number of nitrogens with one attached hydrogen (secondary N) is 1. The van der Waals surface area contributed by atoms with Gasteiger partial charge >= 0.3 is 0 Å². The average Bonchev–Trinajstić information content (AvgIpc) is 2.99. The number of rotatable bonds is 1. The molecule has 0 bridgehead atoms. The molecule has 0 saturated carbocycles. The third-order valence-corrected chi connectivity index (χ3v) is 4.02. The zero-order chi connectivity index (χ0) is 14.6. The van der Waals surface area contributed by atoms with E-state index in [1.807, 2.05) is 19.1 Å². The van der Waals surface area contributed by atoms with E-state index in [2.05, 4.69) is 10.3 Å². The fourth-order valence-corrected chi connectivity index (χ4v) is 3.05. The second-order valence-corrected chi connectivity index (χ2v) is 5.38. The zero-order valence-corrected chi connectivity index (χ0v) is 11.6. The number of nitrogens with zero attached hydrogens (tertiary/aromatic N) is 2. The Morgan fingerprint density at radius 2 is 2.33 bits per heavy atom. The van der Waals surface area contributed by atoms with Crippen molar-refractivity contribution in [3.05, 3.63) is 34.1 Å². The molecule has 0 aliphatic carbocycles. The van der Waals surface area contributed by atoms with Crippen LogP contribution in [0.5, 0.6) is 11.5 Å². The van der Waals surface area contributed by atoms with E-state index < -0.39 is 0 Å². The summed E-state index contributed by atoms with van der Waals surface area (Å²) in [4.78, 5) is 16.6. The highest BCUT2D eigenvalue weighted by atomic mass is 16.5. The highest BCUT2D eigenvalue weighted by molar-refractivity contribution is 5.95. The molecular formula is C15H15N3O3. The Kier molecular flexibility index (Phi) is 2.48. The fourth-order valence-electron chi connectivity index (χ4n) is 3.05. The number of hydrogen-bond donors (Lipinski definition) is 2. The molecule has 2 aliphatic rings. The summed E-state index contributed by atoms with van der Waals surface area (Å²) in [6.07, 6.45) is -0.284. The number of aromatic hydroxyl groups is 1. The number of aromatic nitrogens is 1. The van der Waals surface area contributed by atoms with Crippen molar-refractivity contribution in [3.63, 3.8) is 0 Å². The first-order valence-electron chi connectivity index (χ1n) is 6.96. The lowest BCUT2D eigenvalue weighted by molar-refractivity contribution is 0.228. The normalized spacial score (nSPS) is 20.0. The Bertz CT molecular complexity index is 838. The molecule has 0 saturated heterocycles. The maximum Gasteiger partial charge on any atom is 0.254 e. The number of aryl methyl sites for hydroxylation is 1. The minimum Gasteiger partial charge on any atom is -0.507 e. The van der Waals surface area contributed by atoms with Crippen LogP contribution in [-0.4, -0.2) is 34.7 Å². The lowest BCUT2D eigenvalue weighted by atomic mass is 10.1. The Morgan fingerprint density at radius 3 is 3.10 bits per heavy atom. The lowest BCUT2D eigenvalue weighted by Gasteiger charge is -2.28. The van der Waals surface area contributed by atoms with Crippen LogP contribution >= 0.6 is 0 Å². The van der Waals surface area contributed by atoms with Crippen LogP contribution in [0.25, 0.3) is 10.9 Å². The minimum atomic E-state index is -0.284. The summed E-state index contributed by atoms with van der Waals surface area (Å²) in [6, 6.07) is 5.00. The van der Waals surface area contributed by atoms with E-state index in [9.17, 15) is 9.90 Å². The smallest absolute Gasteiger partial charge is 0.254 e. The van der Waals surface area contributed by atoms with Gasteiger partial charge in [-0.15, -0.1) is 0 Å². The van der Waals surface area contributed by atoms with Crippen molar-refractivity contribution >= 4 is 16.7 Å². The first kappa shape index (κ1) is 12.3. The van der Waals surface area contributed by atoms with Crippen molar-refractivity contribution in [2.45, 2.75) is 19.6 Å². The standard InChI is InChI=1S/C15H15N3O3/c1-8-2-3-10-14-13(8)9(19)6-12(20)18(14)7-11(21-10)15-16-4-5-17-15/h2-3,6,11,19H,4-5,7H2,1H3,(H,16,17). The van der Waals surface area contributed by atoms with Crippen molar-refractivity contribution in [1.82, 2.24) is 9.88 Å². The zero-order valence-electron chi connectivity index (χ0n) is 11.6. The van der Waals surface area contributed by atoms with Crippen LogP contribution in [0.1, 0.15) is 5.56 Å². The fraction of sp³-hybridized carbons (Fsp3) is 0.333. The van der Waals surface area contributed by atoms with E-state index in [1.54, 1.807) is 4.57 Å². The molecule has 2 aromatic rings. The quantitative estimate of drug-likeness (QED) is 0.812. The molecule has 4 rings (SSSR count). The van der Waals surface area contributed by atoms with Gasteiger partial charge in [-0.25, -0.2) is 0 Å². The van der Waals surface area contributed by atoms with Crippen LogP contribution in [0.15, 0.2) is 28.0 Å². The predicted octanol–water partition coefficient (Wildman–Crippen LogP) is 0.778. The molecule has 1 atom stereocenters. The monoisotopic (exact) mass is 285 g/mol. The average molecular weight is 285 g/mol. The van der Waals surface area contributed by atoms with Crippen LogP contribution in [0.2, 0.25) is 0 Å². The number of aliphatic imine (C=N–C) groups is 1. The first-order chi connectivity index (χ1) is 10.1. The van der Waals surface area contributed by atoms with Crippen LogP contribution in [0.3, 0.4) is 0 Å². The molecule has 0 fully saturated rings. The third-order valence-electron chi connectivity index (χ3n) is 4.02. The van der Waals surface area contributed by atoms with Gasteiger partial charge in [0.1, 0.15) is 17.3 Å². The van der Waals surface area contributed by atoms with Gasteiger partial charge in [0.2, 0.25) is 0 Å². The summed E-state index contributed by atoms with van der Waals surface area (Å²) in [5.74, 6) is 1.40. The number of pyridine rings is 1. The van der Waals surface area contributed by atoms with Crippen LogP contribution in [-0.2, 0) is 6.54 Å². The largest absolute Gasteiger partial charge is 0.507 e. The van der Waals surface area contributed by atoms with Crippen LogP contribution in [0.4, 0.5) is 0 Å². The molecule has 1 aromatic carbocycles. The Morgan fingerprint density at radius 1 is 1.48 bits per heavy atom. The van der Waals surface area contributed by atoms with Crippen molar-refractivity contribution in [1.29, 1.82) is 0 Å². The molecule has 1 unspecified atom stereocenters. The molecule has 108 valence electrons. The maximum atomic E-state index is 12.2. The van der Waals surface area contributed by atoms with Crippen LogP contribution in [0, 0.1) is 6.92 Å². The van der Waals surface area contributed by atoms with Gasteiger partial charge in [-0.05, 0) is 18.6 Å². The molecule has 0 radical (unpaired) electrons. The Labute approximate surface area is 120 Å². The molecule has 2 aliphatic heterocycles. The molecular weight excluding hydrogens is 270 g/mol. The minimum absolute atomic E-state index is 0.00369. The van der Waals surface area contributed by atoms with Gasteiger partial charge in [-0.1, -0.05) is 6.07 Å². The van der Waals surface area contributed by atoms with Gasteiger partial charge < -0.3 is 19.7 Å². The van der Waals surface area contributed by atoms with E-state index in [0.717, 1.165) is 24.5 Å². The van der Waals surface area contributed by atoms with Crippen molar-refractivity contribution in [2.75, 3.05) is 13.1 Å². The van der Waals surface area contributed by atoms with Crippen molar-refractivity contribution in [2.24, 2.45) is 4.99 Å². The molecule has 21 heavy (non-hydrogen) atoms. The molecule has 6 nitrogen and oxygen atoms in total. The Hall–Kier alpha value is -2.50. The SMILES string of the molecule is Cc1ccc2c3c1c(O)cc(=O)n3CC(C1=NCCN1)O2. The molecule has 0 amide bonds.